The lowest BCUT2D eigenvalue weighted by Crippen LogP contribution is -2.38. The summed E-state index contributed by atoms with van der Waals surface area (Å²) in [5.41, 5.74) is 2.08. The van der Waals surface area contributed by atoms with Crippen LogP contribution in [0.5, 0.6) is 0 Å². The van der Waals surface area contributed by atoms with Crippen LogP contribution in [0.25, 0.3) is 11.4 Å². The first-order valence-corrected chi connectivity index (χ1v) is 8.29. The van der Waals surface area contributed by atoms with Crippen molar-refractivity contribution in [3.8, 4) is 11.4 Å². The van der Waals surface area contributed by atoms with Crippen molar-refractivity contribution in [1.29, 1.82) is 0 Å². The average Bonchev–Trinajstić information content (AvgIpc) is 2.67. The van der Waals surface area contributed by atoms with Crippen molar-refractivity contribution in [3.05, 3.63) is 48.3 Å². The first-order chi connectivity index (χ1) is 11.8. The van der Waals surface area contributed by atoms with Crippen LogP contribution in [0.1, 0.15) is 16.8 Å². The zero-order valence-corrected chi connectivity index (χ0v) is 13.6. The Kier molecular flexibility index (Phi) is 5.87. The Bertz CT molecular complexity index is 657. The number of ether oxygens (including phenoxy) is 1. The van der Waals surface area contributed by atoms with E-state index in [2.05, 4.69) is 20.2 Å². The molecule has 126 valence electrons. The van der Waals surface area contributed by atoms with Gasteiger partial charge in [0.1, 0.15) is 0 Å². The molecular weight excluding hydrogens is 304 g/mol. The van der Waals surface area contributed by atoms with Gasteiger partial charge in [0.15, 0.2) is 0 Å². The van der Waals surface area contributed by atoms with E-state index in [0.29, 0.717) is 17.8 Å². The van der Waals surface area contributed by atoms with Crippen LogP contribution in [0, 0.1) is 0 Å². The first-order valence-electron chi connectivity index (χ1n) is 8.29. The molecule has 24 heavy (non-hydrogen) atoms. The Labute approximate surface area is 141 Å². The molecular formula is C18H22N4O2. The van der Waals surface area contributed by atoms with Crippen molar-refractivity contribution in [2.45, 2.75) is 6.42 Å². The molecule has 0 atom stereocenters. The van der Waals surface area contributed by atoms with Gasteiger partial charge in [0, 0.05) is 37.6 Å². The minimum absolute atomic E-state index is 0.0726. The van der Waals surface area contributed by atoms with E-state index in [0.717, 1.165) is 45.0 Å². The second kappa shape index (κ2) is 8.52. The third-order valence-electron chi connectivity index (χ3n) is 3.99. The predicted molar refractivity (Wildman–Crippen MR) is 91.7 cm³/mol. The Balaban J connectivity index is 1.50. The average molecular weight is 326 g/mol. The van der Waals surface area contributed by atoms with Crippen molar-refractivity contribution in [2.75, 3.05) is 39.4 Å². The number of hydrogen-bond acceptors (Lipinski definition) is 5. The van der Waals surface area contributed by atoms with Gasteiger partial charge in [-0.2, -0.15) is 0 Å². The molecule has 1 aliphatic heterocycles. The number of hydrogen-bond donors (Lipinski definition) is 1. The van der Waals surface area contributed by atoms with Crippen molar-refractivity contribution in [2.24, 2.45) is 0 Å². The molecule has 1 fully saturated rings. The Morgan fingerprint density at radius 1 is 1.12 bits per heavy atom. The molecule has 1 aliphatic rings. The van der Waals surface area contributed by atoms with E-state index in [1.807, 2.05) is 18.2 Å². The molecule has 3 heterocycles. The smallest absolute Gasteiger partial charge is 0.251 e. The monoisotopic (exact) mass is 326 g/mol. The van der Waals surface area contributed by atoms with E-state index < -0.39 is 0 Å². The lowest BCUT2D eigenvalue weighted by Gasteiger charge is -2.26. The normalized spacial score (nSPS) is 15.2. The van der Waals surface area contributed by atoms with E-state index in [1.54, 1.807) is 24.5 Å². The first kappa shape index (κ1) is 16.5. The maximum Gasteiger partial charge on any atom is 0.251 e. The van der Waals surface area contributed by atoms with Crippen molar-refractivity contribution in [3.63, 3.8) is 0 Å². The maximum absolute atomic E-state index is 12.3. The lowest BCUT2D eigenvalue weighted by atomic mass is 10.1. The van der Waals surface area contributed by atoms with Gasteiger partial charge in [-0.05, 0) is 37.2 Å². The van der Waals surface area contributed by atoms with Gasteiger partial charge in [-0.15, -0.1) is 0 Å². The fraction of sp³-hybridized carbons (Fsp3) is 0.389. The minimum Gasteiger partial charge on any atom is -0.379 e. The van der Waals surface area contributed by atoms with Gasteiger partial charge in [0.05, 0.1) is 24.6 Å². The van der Waals surface area contributed by atoms with Crippen molar-refractivity contribution >= 4 is 5.91 Å². The second-order valence-corrected chi connectivity index (χ2v) is 5.71. The molecule has 1 saturated heterocycles. The highest BCUT2D eigenvalue weighted by atomic mass is 16.5. The highest BCUT2D eigenvalue weighted by Crippen LogP contribution is 2.14. The van der Waals surface area contributed by atoms with E-state index in [-0.39, 0.29) is 5.91 Å². The lowest BCUT2D eigenvalue weighted by molar-refractivity contribution is 0.0374. The summed E-state index contributed by atoms with van der Waals surface area (Å²) in [5.74, 6) is -0.0726. The topological polar surface area (TPSA) is 67.4 Å². The summed E-state index contributed by atoms with van der Waals surface area (Å²) in [6.45, 7) is 5.22. The van der Waals surface area contributed by atoms with Gasteiger partial charge in [0.2, 0.25) is 0 Å². The highest BCUT2D eigenvalue weighted by Gasteiger charge is 2.11. The molecule has 0 unspecified atom stereocenters. The standard InChI is InChI=1S/C18H22N4O2/c23-18(21-7-3-9-22-10-12-24-13-11-22)15-5-8-20-17(14-15)16-4-1-2-6-19-16/h1-2,4-6,8,14H,3,7,9-13H2,(H,21,23). The zero-order valence-electron chi connectivity index (χ0n) is 13.6. The van der Waals surface area contributed by atoms with Crippen LogP contribution in [-0.4, -0.2) is 60.2 Å². The molecule has 0 bridgehead atoms. The molecule has 6 nitrogen and oxygen atoms in total. The molecule has 0 saturated carbocycles. The molecule has 2 aromatic heterocycles. The number of carbonyl (C=O) groups excluding carboxylic acids is 1. The van der Waals surface area contributed by atoms with Crippen LogP contribution in [-0.2, 0) is 4.74 Å². The van der Waals surface area contributed by atoms with Crippen LogP contribution in [0.3, 0.4) is 0 Å². The summed E-state index contributed by atoms with van der Waals surface area (Å²) < 4.78 is 5.33. The number of amides is 1. The third kappa shape index (κ3) is 4.59. The number of nitrogens with one attached hydrogen (secondary N) is 1. The number of carbonyl (C=O) groups is 1. The third-order valence-corrected chi connectivity index (χ3v) is 3.99. The summed E-state index contributed by atoms with van der Waals surface area (Å²) in [4.78, 5) is 23.2. The van der Waals surface area contributed by atoms with Crippen LogP contribution in [0.15, 0.2) is 42.7 Å². The van der Waals surface area contributed by atoms with Crippen LogP contribution in [0.4, 0.5) is 0 Å². The maximum atomic E-state index is 12.3. The SMILES string of the molecule is O=C(NCCCN1CCOCC1)c1ccnc(-c2ccccn2)c1. The van der Waals surface area contributed by atoms with E-state index >= 15 is 0 Å². The molecule has 6 heteroatoms. The van der Waals surface area contributed by atoms with Gasteiger partial charge in [0.25, 0.3) is 5.91 Å². The van der Waals surface area contributed by atoms with Crippen molar-refractivity contribution < 1.29 is 9.53 Å². The van der Waals surface area contributed by atoms with Gasteiger partial charge >= 0.3 is 0 Å². The van der Waals surface area contributed by atoms with Gasteiger partial charge < -0.3 is 10.1 Å². The summed E-state index contributed by atoms with van der Waals surface area (Å²) in [7, 11) is 0. The van der Waals surface area contributed by atoms with E-state index in [9.17, 15) is 4.79 Å². The van der Waals surface area contributed by atoms with Crippen LogP contribution < -0.4 is 5.32 Å². The van der Waals surface area contributed by atoms with Gasteiger partial charge in [-0.1, -0.05) is 6.07 Å². The zero-order chi connectivity index (χ0) is 16.6. The summed E-state index contributed by atoms with van der Waals surface area (Å²) in [5, 5.41) is 2.97. The fourth-order valence-corrected chi connectivity index (χ4v) is 2.66. The predicted octanol–water partition coefficient (Wildman–Crippen LogP) is 1.60. The molecule has 0 aliphatic carbocycles. The number of nitrogens with zero attached hydrogens (tertiary/aromatic N) is 3. The molecule has 2 aromatic rings. The summed E-state index contributed by atoms with van der Waals surface area (Å²) >= 11 is 0. The largest absolute Gasteiger partial charge is 0.379 e. The van der Waals surface area contributed by atoms with Crippen LogP contribution >= 0.6 is 0 Å². The minimum atomic E-state index is -0.0726. The molecule has 1 amide bonds. The molecule has 0 spiro atoms. The number of aromatic nitrogens is 2. The molecule has 1 N–H and O–H groups in total. The molecule has 0 radical (unpaired) electrons. The van der Waals surface area contributed by atoms with Crippen LogP contribution in [0.2, 0.25) is 0 Å². The Hall–Kier alpha value is -2.31. The number of morpholine rings is 1. The Morgan fingerprint density at radius 2 is 1.96 bits per heavy atom. The fourth-order valence-electron chi connectivity index (χ4n) is 2.66. The summed E-state index contributed by atoms with van der Waals surface area (Å²) in [6, 6.07) is 9.15. The number of rotatable bonds is 6. The highest BCUT2D eigenvalue weighted by molar-refractivity contribution is 5.94. The van der Waals surface area contributed by atoms with E-state index in [1.165, 1.54) is 0 Å². The van der Waals surface area contributed by atoms with Gasteiger partial charge in [-0.25, -0.2) is 0 Å². The van der Waals surface area contributed by atoms with Crippen molar-refractivity contribution in [1.82, 2.24) is 20.2 Å². The molecule has 3 rings (SSSR count). The molecule has 0 aromatic carbocycles. The van der Waals surface area contributed by atoms with Gasteiger partial charge in [-0.3, -0.25) is 19.7 Å². The second-order valence-electron chi connectivity index (χ2n) is 5.71. The number of pyridine rings is 2. The Morgan fingerprint density at radius 3 is 2.75 bits per heavy atom. The van der Waals surface area contributed by atoms with E-state index in [4.69, 9.17) is 4.74 Å². The quantitative estimate of drug-likeness (QED) is 0.817. The summed E-state index contributed by atoms with van der Waals surface area (Å²) in [6.07, 6.45) is 4.30.